The molecule has 2 bridgehead atoms. The van der Waals surface area contributed by atoms with Crippen LogP contribution in [0.2, 0.25) is 0 Å². The second-order valence-corrected chi connectivity index (χ2v) is 24.1. The second kappa shape index (κ2) is 40.9. The Morgan fingerprint density at radius 2 is 0.277 bits per heavy atom. The van der Waals surface area contributed by atoms with Gasteiger partial charge in [0.05, 0.1) is 0 Å². The minimum atomic E-state index is -0.472. The molecule has 3 fully saturated rings. The van der Waals surface area contributed by atoms with E-state index in [9.17, 15) is 0 Å². The third kappa shape index (κ3) is 36.3. The van der Waals surface area contributed by atoms with E-state index in [1.165, 1.54) is 193 Å². The fraction of sp³-hybridized carbons (Fsp3) is 1.00. The molecule has 0 saturated carbocycles. The van der Waals surface area contributed by atoms with E-state index >= 15 is 0 Å². The van der Waals surface area contributed by atoms with Crippen molar-refractivity contribution < 1.29 is 16.5 Å². The fourth-order valence-electron chi connectivity index (χ4n) is 7.99. The number of fused-ring (bicyclic) bond motifs is 39. The number of hydrogen-bond acceptors (Lipinski definition) is 0. The maximum absolute atomic E-state index is 4.88. The molecule has 3 heterocycles. The van der Waals surface area contributed by atoms with E-state index in [1.54, 1.807) is 75.5 Å². The van der Waals surface area contributed by atoms with E-state index in [2.05, 4.69) is 0 Å². The maximum atomic E-state index is 4.88. The summed E-state index contributed by atoms with van der Waals surface area (Å²) in [7, 11) is 10.4. The van der Waals surface area contributed by atoms with Crippen molar-refractivity contribution in [3.63, 3.8) is 0 Å². The number of rotatable bonds is 0. The molecule has 47 heavy (non-hydrogen) atoms. The van der Waals surface area contributed by atoms with E-state index < -0.39 is 16.5 Å². The van der Waals surface area contributed by atoms with Crippen LogP contribution in [0.1, 0.15) is 231 Å². The Kier molecular flexibility index (Phi) is 41.0. The average Bonchev–Trinajstić information content (AvgIpc) is 3.07. The monoisotopic (exact) mass is 916 g/mol. The molecule has 0 nitrogen and oxygen atoms in total. The summed E-state index contributed by atoms with van der Waals surface area (Å²) in [6.45, 7) is 0. The third-order valence-corrected chi connectivity index (χ3v) is 16.8. The summed E-state index contributed by atoms with van der Waals surface area (Å²) >= 11 is -0.472. The first kappa shape index (κ1) is 47.1. The molecule has 0 aromatic heterocycles. The molecule has 0 aromatic rings. The van der Waals surface area contributed by atoms with Crippen molar-refractivity contribution in [1.82, 2.24) is 0 Å². The zero-order valence-electron chi connectivity index (χ0n) is 31.7. The van der Waals surface area contributed by atoms with E-state index in [0.29, 0.717) is 15.8 Å². The average molecular weight is 917 g/mol. The van der Waals surface area contributed by atoms with Crippen LogP contribution in [-0.2, 0) is 16.5 Å². The molecule has 0 amide bonds. The van der Waals surface area contributed by atoms with Crippen molar-refractivity contribution in [1.29, 1.82) is 0 Å². The van der Waals surface area contributed by atoms with Crippen LogP contribution < -0.4 is 0 Å². The van der Waals surface area contributed by atoms with E-state index in [1.807, 2.05) is 0 Å². The Morgan fingerprint density at radius 1 is 0.191 bits per heavy atom. The third-order valence-electron chi connectivity index (χ3n) is 11.1. The second-order valence-electron chi connectivity index (χ2n) is 15.5. The van der Waals surface area contributed by atoms with Gasteiger partial charge in [-0.15, -0.1) is 15.8 Å². The van der Waals surface area contributed by atoms with Crippen LogP contribution in [0.25, 0.3) is 0 Å². The topological polar surface area (TPSA) is 0 Å². The molecule has 3 saturated heterocycles. The van der Waals surface area contributed by atoms with Gasteiger partial charge in [-0.25, -0.2) is 0 Å². The van der Waals surface area contributed by atoms with Crippen LogP contribution >= 0.6 is 34.7 Å². The molecule has 286 valence electrons. The van der Waals surface area contributed by atoms with Crippen LogP contribution in [-0.4, -0.2) is 37.0 Å². The van der Waals surface area contributed by atoms with Crippen molar-refractivity contribution in [2.45, 2.75) is 231 Å². The van der Waals surface area contributed by atoms with Gasteiger partial charge >= 0.3 is 35.3 Å². The van der Waals surface area contributed by atoms with Crippen LogP contribution in [0.3, 0.4) is 0 Å². The molecule has 3 rings (SSSR count). The fourth-order valence-corrected chi connectivity index (χ4v) is 13.4. The van der Waals surface area contributed by atoms with Crippen molar-refractivity contribution in [2.75, 3.05) is 37.0 Å². The molecule has 0 radical (unpaired) electrons. The molecule has 0 atom stereocenters. The van der Waals surface area contributed by atoms with Gasteiger partial charge in [0.15, 0.2) is 0 Å². The Labute approximate surface area is 317 Å². The van der Waals surface area contributed by atoms with Crippen molar-refractivity contribution >= 4 is 34.7 Å². The Hall–Kier alpha value is 2.13. The zero-order chi connectivity index (χ0) is 33.6. The van der Waals surface area contributed by atoms with Crippen LogP contribution in [0.4, 0.5) is 0 Å². The molecular formula is C42H84Cl2P2Pt. The summed E-state index contributed by atoms with van der Waals surface area (Å²) in [6, 6.07) is 0. The Morgan fingerprint density at radius 3 is 0.383 bits per heavy atom. The summed E-state index contributed by atoms with van der Waals surface area (Å²) in [6.07, 6.45) is 64.5. The summed E-state index contributed by atoms with van der Waals surface area (Å²) in [5.74, 6) is 0. The van der Waals surface area contributed by atoms with Crippen LogP contribution in [0.5, 0.6) is 0 Å². The van der Waals surface area contributed by atoms with E-state index in [-0.39, 0.29) is 0 Å². The van der Waals surface area contributed by atoms with Gasteiger partial charge in [-0.1, -0.05) is 193 Å². The van der Waals surface area contributed by atoms with E-state index in [0.717, 1.165) is 0 Å². The molecule has 5 heteroatoms. The summed E-state index contributed by atoms with van der Waals surface area (Å²) < 4.78 is 0. The van der Waals surface area contributed by atoms with Crippen LogP contribution in [0.15, 0.2) is 0 Å². The predicted molar refractivity (Wildman–Crippen MR) is 221 cm³/mol. The van der Waals surface area contributed by atoms with E-state index in [4.69, 9.17) is 18.8 Å². The van der Waals surface area contributed by atoms with Gasteiger partial charge in [-0.3, -0.25) is 0 Å². The standard InChI is InChI=1S/C42H84P2.2ClH.Pt/c1-2-8-14-20-26-32-38-44-41-35-29-23-17-11-5-3-9-15-21-27-33-39-43(37-31-25-19-13-7-1)40-34-28-22-16-10-4-6-12-18-24-30-36-42-44;;;/h1-42H2;2*1H;/q;;;+2/p-2. The number of halogens is 2. The van der Waals surface area contributed by atoms with Gasteiger partial charge in [0.1, 0.15) is 0 Å². The van der Waals surface area contributed by atoms with Crippen molar-refractivity contribution in [3.8, 4) is 0 Å². The van der Waals surface area contributed by atoms with Gasteiger partial charge in [0.2, 0.25) is 0 Å². The molecule has 3 aliphatic heterocycles. The molecule has 3 aliphatic rings. The van der Waals surface area contributed by atoms with Gasteiger partial charge in [-0.05, 0) is 75.5 Å². The van der Waals surface area contributed by atoms with Crippen molar-refractivity contribution in [2.24, 2.45) is 0 Å². The van der Waals surface area contributed by atoms with Gasteiger partial charge in [-0.2, -0.15) is 0 Å². The number of hydrogen-bond donors (Lipinski definition) is 0. The molecule has 0 unspecified atom stereocenters. The van der Waals surface area contributed by atoms with Crippen LogP contribution in [0, 0.1) is 0 Å². The van der Waals surface area contributed by atoms with Gasteiger partial charge < -0.3 is 0 Å². The first-order valence-electron chi connectivity index (χ1n) is 21.6. The molecule has 0 N–H and O–H groups in total. The van der Waals surface area contributed by atoms with Gasteiger partial charge in [0, 0.05) is 0 Å². The summed E-state index contributed by atoms with van der Waals surface area (Å²) in [5.41, 5.74) is 0. The predicted octanol–water partition coefficient (Wildman–Crippen LogP) is 17.4. The summed E-state index contributed by atoms with van der Waals surface area (Å²) in [5, 5.41) is 0. The zero-order valence-corrected chi connectivity index (χ0v) is 37.2. The first-order chi connectivity index (χ1) is 23.4. The molecule has 0 aliphatic carbocycles. The summed E-state index contributed by atoms with van der Waals surface area (Å²) in [4.78, 5) is 0. The van der Waals surface area contributed by atoms with Gasteiger partial charge in [0.25, 0.3) is 0 Å². The molecular weight excluding hydrogens is 832 g/mol. The Bertz CT molecular complexity index is 457. The minimum absolute atomic E-state index is 0.332. The Balaban J connectivity index is 0.00000354. The normalized spacial score (nSPS) is 26.5. The first-order valence-corrected chi connectivity index (χ1v) is 31.1. The van der Waals surface area contributed by atoms with Crippen molar-refractivity contribution in [3.05, 3.63) is 0 Å². The quantitative estimate of drug-likeness (QED) is 0.212. The molecule has 0 spiro atoms. The molecule has 0 aromatic carbocycles. The SMILES string of the molecule is C1CCCCCCCP2CCCCCCCCCCCCCCP(CCCCCC1)CCCCCCCCCCCCCC2.[Cl][Pt][Cl].